The lowest BCUT2D eigenvalue weighted by molar-refractivity contribution is 0.0690. The summed E-state index contributed by atoms with van der Waals surface area (Å²) in [6.07, 6.45) is 3.13. The molecule has 0 aliphatic rings. The van der Waals surface area contributed by atoms with E-state index < -0.39 is 22.1 Å². The number of hydrogen-bond donors (Lipinski definition) is 3. The van der Waals surface area contributed by atoms with Crippen LogP contribution in [-0.4, -0.2) is 48.1 Å². The van der Waals surface area contributed by atoms with E-state index in [2.05, 4.69) is 17.3 Å². The lowest BCUT2D eigenvalue weighted by Crippen LogP contribution is -2.43. The Morgan fingerprint density at radius 2 is 2.03 bits per heavy atom. The van der Waals surface area contributed by atoms with Crippen molar-refractivity contribution in [1.29, 1.82) is 0 Å². The zero-order valence-electron chi connectivity index (χ0n) is 16.2. The minimum atomic E-state index is -3.56. The van der Waals surface area contributed by atoms with Crippen LogP contribution < -0.4 is 9.84 Å². The highest BCUT2D eigenvalue weighted by Crippen LogP contribution is 2.24. The van der Waals surface area contributed by atoms with Gasteiger partial charge in [0, 0.05) is 17.7 Å². The molecule has 0 aliphatic carbocycles. The maximum Gasteiger partial charge on any atom is 0.355 e. The van der Waals surface area contributed by atoms with Crippen LogP contribution in [0.3, 0.4) is 0 Å². The number of carboxylic acid groups (broad SMARTS) is 1. The SMILES string of the molecule is CCCCC(O)c1ccc(N(NCCSc2nc(C(=O)O)cs2)S(C)(=O)=O)cc1. The predicted molar refractivity (Wildman–Crippen MR) is 116 cm³/mol. The van der Waals surface area contributed by atoms with Gasteiger partial charge in [0.15, 0.2) is 10.0 Å². The first-order valence-electron chi connectivity index (χ1n) is 9.05. The number of anilines is 1. The molecule has 1 atom stereocenters. The number of unbranched alkanes of at least 4 members (excludes halogenated alkanes) is 1. The zero-order valence-corrected chi connectivity index (χ0v) is 18.7. The van der Waals surface area contributed by atoms with Crippen molar-refractivity contribution in [2.24, 2.45) is 0 Å². The van der Waals surface area contributed by atoms with Crippen LogP contribution in [0.25, 0.3) is 0 Å². The first-order chi connectivity index (χ1) is 13.7. The number of thioether (sulfide) groups is 1. The Bertz CT molecular complexity index is 900. The number of nitrogens with one attached hydrogen (secondary N) is 1. The van der Waals surface area contributed by atoms with E-state index in [4.69, 9.17) is 5.11 Å². The fourth-order valence-corrected chi connectivity index (χ4v) is 5.05. The van der Waals surface area contributed by atoms with Crippen molar-refractivity contribution < 1.29 is 23.4 Å². The van der Waals surface area contributed by atoms with Gasteiger partial charge in [-0.25, -0.2) is 28.0 Å². The second kappa shape index (κ2) is 10.9. The molecule has 1 unspecified atom stereocenters. The maximum absolute atomic E-state index is 12.2. The topological polar surface area (TPSA) is 120 Å². The van der Waals surface area contributed by atoms with Crippen molar-refractivity contribution in [3.8, 4) is 0 Å². The highest BCUT2D eigenvalue weighted by atomic mass is 32.2. The third kappa shape index (κ3) is 7.27. The molecule has 11 heteroatoms. The number of thiazole rings is 1. The minimum Gasteiger partial charge on any atom is -0.476 e. The fourth-order valence-electron chi connectivity index (χ4n) is 2.50. The van der Waals surface area contributed by atoms with Crippen LogP contribution in [0.4, 0.5) is 5.69 Å². The Morgan fingerprint density at radius 1 is 1.34 bits per heavy atom. The normalized spacial score (nSPS) is 12.7. The van der Waals surface area contributed by atoms with Crippen molar-refractivity contribution in [3.63, 3.8) is 0 Å². The molecule has 0 saturated carbocycles. The highest BCUT2D eigenvalue weighted by Gasteiger charge is 2.18. The Balaban J connectivity index is 1.96. The van der Waals surface area contributed by atoms with Gasteiger partial charge in [0.1, 0.15) is 0 Å². The number of aromatic carboxylic acids is 1. The van der Waals surface area contributed by atoms with Gasteiger partial charge in [-0.3, -0.25) is 0 Å². The van der Waals surface area contributed by atoms with Gasteiger partial charge in [-0.15, -0.1) is 11.3 Å². The summed E-state index contributed by atoms with van der Waals surface area (Å²) in [6.45, 7) is 2.39. The largest absolute Gasteiger partial charge is 0.476 e. The van der Waals surface area contributed by atoms with Crippen LogP contribution in [0.15, 0.2) is 34.0 Å². The first-order valence-corrected chi connectivity index (χ1v) is 12.8. The van der Waals surface area contributed by atoms with E-state index in [9.17, 15) is 18.3 Å². The monoisotopic (exact) mass is 459 g/mol. The van der Waals surface area contributed by atoms with Crippen LogP contribution in [0.2, 0.25) is 0 Å². The molecule has 29 heavy (non-hydrogen) atoms. The van der Waals surface area contributed by atoms with E-state index >= 15 is 0 Å². The van der Waals surface area contributed by atoms with Crippen molar-refractivity contribution in [3.05, 3.63) is 40.9 Å². The number of hydrogen-bond acceptors (Lipinski definition) is 8. The number of aliphatic hydroxyl groups excluding tert-OH is 1. The van der Waals surface area contributed by atoms with Gasteiger partial charge in [0.05, 0.1) is 18.0 Å². The summed E-state index contributed by atoms with van der Waals surface area (Å²) in [5.41, 5.74) is 4.09. The average Bonchev–Trinajstić information content (AvgIpc) is 3.14. The summed E-state index contributed by atoms with van der Waals surface area (Å²) in [5.74, 6) is -0.565. The Kier molecular flexibility index (Phi) is 8.90. The van der Waals surface area contributed by atoms with Gasteiger partial charge in [0.2, 0.25) is 10.0 Å². The molecule has 1 aromatic heterocycles. The summed E-state index contributed by atoms with van der Waals surface area (Å²) in [6, 6.07) is 6.78. The quantitative estimate of drug-likeness (QED) is 0.252. The minimum absolute atomic E-state index is 0.00411. The van der Waals surface area contributed by atoms with Crippen LogP contribution in [0.5, 0.6) is 0 Å². The van der Waals surface area contributed by atoms with E-state index in [0.29, 0.717) is 28.7 Å². The number of carboxylic acids is 1. The maximum atomic E-state index is 12.2. The van der Waals surface area contributed by atoms with Gasteiger partial charge < -0.3 is 10.2 Å². The van der Waals surface area contributed by atoms with Crippen molar-refractivity contribution >= 4 is 44.8 Å². The molecule has 2 aromatic rings. The molecule has 2 rings (SSSR count). The number of aliphatic hydroxyl groups is 1. The number of rotatable bonds is 12. The predicted octanol–water partition coefficient (Wildman–Crippen LogP) is 3.13. The Hall–Kier alpha value is -1.66. The molecule has 0 amide bonds. The van der Waals surface area contributed by atoms with Crippen LogP contribution in [0.1, 0.15) is 48.3 Å². The highest BCUT2D eigenvalue weighted by molar-refractivity contribution is 8.01. The fraction of sp³-hybridized carbons (Fsp3) is 0.444. The van der Waals surface area contributed by atoms with Crippen molar-refractivity contribution in [2.75, 3.05) is 23.0 Å². The van der Waals surface area contributed by atoms with E-state index in [0.717, 1.165) is 29.1 Å². The molecular weight excluding hydrogens is 434 g/mol. The summed E-state index contributed by atoms with van der Waals surface area (Å²) in [4.78, 5) is 14.8. The van der Waals surface area contributed by atoms with Crippen LogP contribution in [0, 0.1) is 0 Å². The Labute approximate surface area is 179 Å². The lowest BCUT2D eigenvalue weighted by Gasteiger charge is -2.23. The molecule has 160 valence electrons. The average molecular weight is 460 g/mol. The summed E-state index contributed by atoms with van der Waals surface area (Å²) >= 11 is 2.58. The van der Waals surface area contributed by atoms with Gasteiger partial charge in [-0.2, -0.15) is 0 Å². The Morgan fingerprint density at radius 3 is 2.59 bits per heavy atom. The molecule has 0 bridgehead atoms. The second-order valence-corrected chi connectivity index (χ2v) is 10.4. The standard InChI is InChI=1S/C18H25N3O5S3/c1-3-4-5-16(22)13-6-8-14(9-7-13)21(29(2,25)26)19-10-11-27-18-20-15(12-28-18)17(23)24/h6-9,12,16,19,22H,3-5,10-11H2,1-2H3,(H,23,24). The van der Waals surface area contributed by atoms with Crippen LogP contribution in [-0.2, 0) is 10.0 Å². The molecule has 8 nitrogen and oxygen atoms in total. The van der Waals surface area contributed by atoms with E-state index in [-0.39, 0.29) is 5.69 Å². The second-order valence-electron chi connectivity index (χ2n) is 6.34. The van der Waals surface area contributed by atoms with Gasteiger partial charge in [-0.1, -0.05) is 43.7 Å². The number of benzene rings is 1. The number of aromatic nitrogens is 1. The number of sulfonamides is 1. The molecule has 0 radical (unpaired) electrons. The summed E-state index contributed by atoms with van der Waals surface area (Å²) in [5, 5.41) is 20.5. The number of hydrazine groups is 1. The van der Waals surface area contributed by atoms with Gasteiger partial charge in [-0.05, 0) is 24.1 Å². The third-order valence-corrected chi connectivity index (χ3v) is 6.99. The third-order valence-electron chi connectivity index (χ3n) is 3.96. The lowest BCUT2D eigenvalue weighted by atomic mass is 10.0. The number of carbonyl (C=O) groups is 1. The molecule has 3 N–H and O–H groups in total. The van der Waals surface area contributed by atoms with Gasteiger partial charge >= 0.3 is 5.97 Å². The summed E-state index contributed by atoms with van der Waals surface area (Å²) < 4.78 is 26.0. The molecule has 1 aromatic carbocycles. The van der Waals surface area contributed by atoms with Crippen molar-refractivity contribution in [1.82, 2.24) is 10.4 Å². The molecule has 0 fully saturated rings. The first kappa shape index (κ1) is 23.6. The van der Waals surface area contributed by atoms with Crippen molar-refractivity contribution in [2.45, 2.75) is 36.6 Å². The summed E-state index contributed by atoms with van der Waals surface area (Å²) in [7, 11) is -3.56. The number of nitrogens with zero attached hydrogens (tertiary/aromatic N) is 2. The van der Waals surface area contributed by atoms with E-state index in [1.807, 2.05) is 0 Å². The molecule has 0 spiro atoms. The van der Waals surface area contributed by atoms with Gasteiger partial charge in [0.25, 0.3) is 0 Å². The van der Waals surface area contributed by atoms with E-state index in [1.54, 1.807) is 24.3 Å². The molecule has 0 aliphatic heterocycles. The van der Waals surface area contributed by atoms with Crippen LogP contribution >= 0.6 is 23.1 Å². The zero-order chi connectivity index (χ0) is 21.4. The smallest absolute Gasteiger partial charge is 0.355 e. The molecular formula is C18H25N3O5S3. The molecule has 1 heterocycles. The molecule has 0 saturated heterocycles. The van der Waals surface area contributed by atoms with E-state index in [1.165, 1.54) is 28.5 Å².